The van der Waals surface area contributed by atoms with Crippen LogP contribution < -0.4 is 31.9 Å². The summed E-state index contributed by atoms with van der Waals surface area (Å²) in [6.45, 7) is 4.50. The molecule has 6 aromatic heterocycles. The highest BCUT2D eigenvalue weighted by Gasteiger charge is 2.45. The molecule has 0 radical (unpaired) electrons. The van der Waals surface area contributed by atoms with Gasteiger partial charge < -0.3 is 70.6 Å². The first-order valence-corrected chi connectivity index (χ1v) is 23.6. The Morgan fingerprint density at radius 2 is 1.00 bits per heavy atom. The number of aromatic nitrogens is 12. The van der Waals surface area contributed by atoms with Gasteiger partial charge in [-0.3, -0.25) is 9.59 Å². The van der Waals surface area contributed by atoms with E-state index in [0.29, 0.717) is 71.8 Å². The third-order valence-corrected chi connectivity index (χ3v) is 13.5. The van der Waals surface area contributed by atoms with E-state index in [4.69, 9.17) is 29.9 Å². The number of amides is 2. The minimum atomic E-state index is -1.16. The van der Waals surface area contributed by atoms with Gasteiger partial charge in [-0.05, 0) is 38.5 Å². The summed E-state index contributed by atoms with van der Waals surface area (Å²) >= 11 is 0. The lowest BCUT2D eigenvalue weighted by molar-refractivity contribution is -0.123. The predicted molar refractivity (Wildman–Crippen MR) is 251 cm³/mol. The monoisotopic (exact) mass is 939 g/mol. The molecule has 3 saturated carbocycles. The molecular formula is C44H62N18O6. The van der Waals surface area contributed by atoms with Gasteiger partial charge >= 0.3 is 0 Å². The van der Waals surface area contributed by atoms with Crippen LogP contribution in [0.1, 0.15) is 88.7 Å². The minimum absolute atomic E-state index is 0.0232. The van der Waals surface area contributed by atoms with Gasteiger partial charge in [0.15, 0.2) is 34.0 Å². The smallest absolute Gasteiger partial charge is 0.226 e. The number of hydrogen-bond donors (Lipinski definition) is 10. The average Bonchev–Trinajstić information content (AvgIpc) is 4.21. The van der Waals surface area contributed by atoms with Crippen LogP contribution in [0.2, 0.25) is 0 Å². The number of carbonyl (C=O) groups is 2. The number of hydrogen-bond acceptors (Lipinski definition) is 18. The lowest BCUT2D eigenvalue weighted by Crippen LogP contribution is -2.42. The molecule has 24 nitrogen and oxygen atoms in total. The highest BCUT2D eigenvalue weighted by atomic mass is 16.3. The summed E-state index contributed by atoms with van der Waals surface area (Å²) in [6.07, 6.45) is 11.5. The van der Waals surface area contributed by atoms with E-state index in [9.17, 15) is 30.0 Å². The van der Waals surface area contributed by atoms with Crippen molar-refractivity contribution in [1.82, 2.24) is 68.8 Å². The summed E-state index contributed by atoms with van der Waals surface area (Å²) in [4.78, 5) is 62.4. The number of imidazole rings is 4. The first-order valence-electron chi connectivity index (χ1n) is 23.6. The third-order valence-electron chi connectivity index (χ3n) is 13.5. The van der Waals surface area contributed by atoms with Crippen molar-refractivity contribution in [1.29, 1.82) is 0 Å². The molecule has 3 aliphatic carbocycles. The molecule has 0 unspecified atom stereocenters. The van der Waals surface area contributed by atoms with Crippen LogP contribution >= 0.6 is 0 Å². The number of aliphatic hydroxyl groups is 4. The SMILES string of the molecule is CCC(=O)N[C@H]1C[C@@H](n2cnc3c(N[C@H]4CC[C@H](Nc5nc(NCCc6cn(C)cn6)nc6c5ncn6[C@@H]5C[C@H](NC(=O)CC)[C@@H](O)[C@H]5O)CC4)nc(NCCc4cn(C)cn4)nc32)[C@H](O)[C@@H]1O. The Morgan fingerprint density at radius 1 is 0.588 bits per heavy atom. The third kappa shape index (κ3) is 9.89. The fourth-order valence-corrected chi connectivity index (χ4v) is 9.72. The second-order valence-corrected chi connectivity index (χ2v) is 18.3. The van der Waals surface area contributed by atoms with Crippen molar-refractivity contribution >= 4 is 57.7 Å². The predicted octanol–water partition coefficient (Wildman–Crippen LogP) is 0.700. The van der Waals surface area contributed by atoms with Gasteiger partial charge in [-0.1, -0.05) is 13.8 Å². The van der Waals surface area contributed by atoms with E-state index in [1.165, 1.54) is 0 Å². The topological polar surface area (TPSA) is 310 Å². The zero-order valence-electron chi connectivity index (χ0n) is 38.7. The van der Waals surface area contributed by atoms with Crippen LogP contribution in [0.3, 0.4) is 0 Å². The van der Waals surface area contributed by atoms with Crippen LogP contribution in [-0.2, 0) is 36.5 Å². The van der Waals surface area contributed by atoms with Gasteiger partial charge in [-0.15, -0.1) is 0 Å². The van der Waals surface area contributed by atoms with E-state index in [1.807, 2.05) is 35.6 Å². The summed E-state index contributed by atoms with van der Waals surface area (Å²) in [5, 5.41) is 64.0. The van der Waals surface area contributed by atoms with E-state index in [-0.39, 0.29) is 49.6 Å². The van der Waals surface area contributed by atoms with Crippen molar-refractivity contribution in [2.45, 2.75) is 139 Å². The van der Waals surface area contributed by atoms with E-state index >= 15 is 0 Å². The molecule has 2 amide bonds. The Kier molecular flexibility index (Phi) is 13.7. The quantitative estimate of drug-likeness (QED) is 0.0567. The lowest BCUT2D eigenvalue weighted by atomic mass is 9.91. The number of rotatable bonds is 18. The molecule has 0 aliphatic heterocycles. The zero-order valence-corrected chi connectivity index (χ0v) is 38.7. The summed E-state index contributed by atoms with van der Waals surface area (Å²) in [5.41, 5.74) is 3.83. The maximum Gasteiger partial charge on any atom is 0.226 e. The van der Waals surface area contributed by atoms with Gasteiger partial charge in [0, 0.05) is 77.3 Å². The van der Waals surface area contributed by atoms with Crippen molar-refractivity contribution in [3.63, 3.8) is 0 Å². The van der Waals surface area contributed by atoms with Crippen molar-refractivity contribution < 1.29 is 30.0 Å². The molecule has 68 heavy (non-hydrogen) atoms. The van der Waals surface area contributed by atoms with E-state index in [1.54, 1.807) is 48.3 Å². The second-order valence-electron chi connectivity index (χ2n) is 18.3. The fraction of sp³-hybridized carbons (Fsp3) is 0.591. The highest BCUT2D eigenvalue weighted by Crippen LogP contribution is 2.37. The Bertz CT molecular complexity index is 2530. The van der Waals surface area contributed by atoms with Crippen LogP contribution in [0, 0.1) is 0 Å². The number of nitrogens with zero attached hydrogens (tertiary/aromatic N) is 12. The standard InChI is InChI=1S/C44H62N18O6/c1-5-31(63)53-27-15-29(37(67)35(27)65)61-21-49-33-39(55-43(57-41(33)61)45-13-11-25-17-59(3)19-47-25)51-23-7-9-24(10-8-23)52-40-34-42(58-44(56-40)46-14-12-26-18-60(4)20-48-26)62(22-50-34)30-16-28(36(66)38(30)68)54-32(64)6-2/h17-24,27-30,35-38,65-68H,5-16H2,1-4H3,(H,53,63)(H,54,64)(H2,45,51,55,57)(H2,46,52,56,58)/t23-,24-,27-,28-,29+,30+,35+,36+,37-,38-/m0/s1. The number of aryl methyl sites for hydroxylation is 2. The maximum absolute atomic E-state index is 12.3. The molecule has 24 heteroatoms. The number of carbonyl (C=O) groups excluding carboxylic acids is 2. The molecular weight excluding hydrogens is 877 g/mol. The molecule has 0 aromatic carbocycles. The molecule has 8 atom stereocenters. The van der Waals surface area contributed by atoms with E-state index in [0.717, 1.165) is 37.1 Å². The Hall–Kier alpha value is -6.50. The zero-order chi connectivity index (χ0) is 47.6. The summed E-state index contributed by atoms with van der Waals surface area (Å²) in [6, 6.07) is -2.41. The largest absolute Gasteiger partial charge is 0.388 e. The van der Waals surface area contributed by atoms with Crippen LogP contribution in [-0.4, -0.2) is 152 Å². The maximum atomic E-state index is 12.3. The molecule has 3 aliphatic rings. The molecule has 3 fully saturated rings. The minimum Gasteiger partial charge on any atom is -0.388 e. The van der Waals surface area contributed by atoms with Crippen LogP contribution in [0.5, 0.6) is 0 Å². The summed E-state index contributed by atoms with van der Waals surface area (Å²) in [5.74, 6) is 1.40. The van der Waals surface area contributed by atoms with E-state index in [2.05, 4.69) is 41.9 Å². The van der Waals surface area contributed by atoms with Gasteiger partial charge in [0.1, 0.15) is 24.4 Å². The normalized spacial score (nSPS) is 26.1. The molecule has 0 spiro atoms. The Morgan fingerprint density at radius 3 is 1.37 bits per heavy atom. The molecule has 9 rings (SSSR count). The average molecular weight is 939 g/mol. The van der Waals surface area contributed by atoms with Gasteiger partial charge in [0.2, 0.25) is 23.7 Å². The molecule has 6 aromatic rings. The van der Waals surface area contributed by atoms with Gasteiger partial charge in [0.05, 0.1) is 60.9 Å². The summed E-state index contributed by atoms with van der Waals surface area (Å²) < 4.78 is 7.32. The first kappa shape index (κ1) is 46.6. The van der Waals surface area contributed by atoms with Crippen molar-refractivity contribution in [2.24, 2.45) is 14.1 Å². The van der Waals surface area contributed by atoms with Gasteiger partial charge in [-0.2, -0.15) is 19.9 Å². The highest BCUT2D eigenvalue weighted by molar-refractivity contribution is 5.86. The molecule has 0 bridgehead atoms. The van der Waals surface area contributed by atoms with Crippen molar-refractivity contribution in [3.8, 4) is 0 Å². The van der Waals surface area contributed by atoms with Crippen LogP contribution in [0.4, 0.5) is 23.5 Å². The number of aliphatic hydroxyl groups excluding tert-OH is 4. The molecule has 364 valence electrons. The van der Waals surface area contributed by atoms with Crippen LogP contribution in [0.25, 0.3) is 22.3 Å². The van der Waals surface area contributed by atoms with Gasteiger partial charge in [-0.25, -0.2) is 19.9 Å². The fourth-order valence-electron chi connectivity index (χ4n) is 9.72. The number of fused-ring (bicyclic) bond motifs is 2. The van der Waals surface area contributed by atoms with Crippen molar-refractivity contribution in [3.05, 3.63) is 49.1 Å². The lowest BCUT2D eigenvalue weighted by Gasteiger charge is -2.30. The summed E-state index contributed by atoms with van der Waals surface area (Å²) in [7, 11) is 3.84. The van der Waals surface area contributed by atoms with Crippen molar-refractivity contribution in [2.75, 3.05) is 34.4 Å². The second kappa shape index (κ2) is 20.0. The van der Waals surface area contributed by atoms with Gasteiger partial charge in [0.25, 0.3) is 0 Å². The van der Waals surface area contributed by atoms with Crippen LogP contribution in [0.15, 0.2) is 37.7 Å². The molecule has 6 heterocycles. The number of anilines is 4. The Labute approximate surface area is 391 Å². The first-order chi connectivity index (χ1) is 32.8. The molecule has 0 saturated heterocycles. The number of nitrogens with one attached hydrogen (secondary N) is 6. The van der Waals surface area contributed by atoms with E-state index < -0.39 is 48.6 Å². The molecule has 10 N–H and O–H groups in total. The Balaban J connectivity index is 0.926.